The molecule has 0 saturated carbocycles. The molecular weight excluding hydrogens is 310 g/mol. The molecule has 0 aromatic heterocycles. The Morgan fingerprint density at radius 2 is 2.12 bits per heavy atom. The number of hydrogen-bond acceptors (Lipinski definition) is 5. The molecule has 2 rings (SSSR count). The maximum absolute atomic E-state index is 12.3. The zero-order valence-corrected chi connectivity index (χ0v) is 14.3. The van der Waals surface area contributed by atoms with Crippen molar-refractivity contribution in [2.75, 3.05) is 33.9 Å². The number of benzene rings is 1. The maximum Gasteiger partial charge on any atom is 0.305 e. The molecule has 24 heavy (non-hydrogen) atoms. The van der Waals surface area contributed by atoms with Gasteiger partial charge in [-0.05, 0) is 24.1 Å². The number of carbonyl (C=O) groups is 2. The average Bonchev–Trinajstić information content (AvgIpc) is 2.61. The number of hydrogen-bond donors (Lipinski definition) is 0. The second kappa shape index (κ2) is 9.27. The van der Waals surface area contributed by atoms with Gasteiger partial charge in [-0.1, -0.05) is 12.1 Å². The van der Waals surface area contributed by atoms with Crippen LogP contribution in [-0.4, -0.2) is 56.8 Å². The molecule has 0 radical (unpaired) electrons. The highest BCUT2D eigenvalue weighted by Gasteiger charge is 2.24. The van der Waals surface area contributed by atoms with E-state index in [0.717, 1.165) is 17.7 Å². The van der Waals surface area contributed by atoms with Crippen LogP contribution in [0.2, 0.25) is 0 Å². The molecule has 1 aliphatic rings. The van der Waals surface area contributed by atoms with Crippen molar-refractivity contribution in [3.63, 3.8) is 0 Å². The van der Waals surface area contributed by atoms with Crippen molar-refractivity contribution >= 4 is 11.9 Å². The van der Waals surface area contributed by atoms with Crippen LogP contribution in [-0.2, 0) is 25.5 Å². The normalized spacial score (nSPS) is 17.4. The molecule has 1 heterocycles. The van der Waals surface area contributed by atoms with Crippen LogP contribution in [0.5, 0.6) is 5.75 Å². The summed E-state index contributed by atoms with van der Waals surface area (Å²) in [5.41, 5.74) is 1.12. The van der Waals surface area contributed by atoms with Crippen LogP contribution in [0.4, 0.5) is 0 Å². The summed E-state index contributed by atoms with van der Waals surface area (Å²) in [7, 11) is 3.00. The van der Waals surface area contributed by atoms with Crippen molar-refractivity contribution in [2.45, 2.75) is 31.8 Å². The van der Waals surface area contributed by atoms with E-state index in [1.54, 1.807) is 7.11 Å². The van der Waals surface area contributed by atoms with Crippen LogP contribution in [0.15, 0.2) is 24.3 Å². The lowest BCUT2D eigenvalue weighted by Gasteiger charge is -2.33. The van der Waals surface area contributed by atoms with E-state index < -0.39 is 0 Å². The first-order valence-corrected chi connectivity index (χ1v) is 8.21. The summed E-state index contributed by atoms with van der Waals surface area (Å²) in [5.74, 6) is 0.609. The fraction of sp³-hybridized carbons (Fsp3) is 0.556. The highest BCUT2D eigenvalue weighted by atomic mass is 16.5. The fourth-order valence-corrected chi connectivity index (χ4v) is 2.78. The van der Waals surface area contributed by atoms with Gasteiger partial charge in [-0.3, -0.25) is 9.59 Å². The van der Waals surface area contributed by atoms with Crippen molar-refractivity contribution in [2.24, 2.45) is 0 Å². The van der Waals surface area contributed by atoms with Crippen LogP contribution in [0.1, 0.15) is 24.8 Å². The van der Waals surface area contributed by atoms with Gasteiger partial charge in [-0.15, -0.1) is 0 Å². The van der Waals surface area contributed by atoms with Gasteiger partial charge >= 0.3 is 5.97 Å². The molecule has 1 fully saturated rings. The predicted octanol–water partition coefficient (Wildman–Crippen LogP) is 1.81. The van der Waals surface area contributed by atoms with Gasteiger partial charge in [0.2, 0.25) is 5.91 Å². The summed E-state index contributed by atoms with van der Waals surface area (Å²) in [6.07, 6.45) is 1.88. The Balaban J connectivity index is 1.82. The summed E-state index contributed by atoms with van der Waals surface area (Å²) < 4.78 is 15.6. The third-order valence-electron chi connectivity index (χ3n) is 4.09. The first-order chi connectivity index (χ1) is 11.6. The molecular formula is C18H25NO5. The summed E-state index contributed by atoms with van der Waals surface area (Å²) in [6.45, 7) is 1.72. The Morgan fingerprint density at radius 1 is 1.29 bits per heavy atom. The number of esters is 1. The second-order valence-electron chi connectivity index (χ2n) is 5.82. The molecule has 1 aliphatic heterocycles. The standard InChI is InChI=1S/C18H25NO5/c1-22-15-6-3-5-14(11-15)12-16-13-19(9-10-24-16)17(20)7-4-8-18(21)23-2/h3,5-6,11,16H,4,7-10,12-13H2,1-2H3/t16-/m0/s1. The molecule has 1 aromatic rings. The molecule has 6 heteroatoms. The first kappa shape index (κ1) is 18.3. The smallest absolute Gasteiger partial charge is 0.305 e. The number of amides is 1. The van der Waals surface area contributed by atoms with Crippen molar-refractivity contribution in [1.29, 1.82) is 0 Å². The van der Waals surface area contributed by atoms with Crippen LogP contribution in [0.3, 0.4) is 0 Å². The van der Waals surface area contributed by atoms with Crippen LogP contribution in [0, 0.1) is 0 Å². The number of ether oxygens (including phenoxy) is 3. The largest absolute Gasteiger partial charge is 0.497 e. The minimum absolute atomic E-state index is 0.0181. The second-order valence-corrected chi connectivity index (χ2v) is 5.82. The first-order valence-electron chi connectivity index (χ1n) is 8.21. The molecule has 0 bridgehead atoms. The molecule has 1 saturated heterocycles. The Morgan fingerprint density at radius 3 is 2.88 bits per heavy atom. The van der Waals surface area contributed by atoms with Gasteiger partial charge in [-0.2, -0.15) is 0 Å². The number of rotatable bonds is 7. The number of nitrogens with zero attached hydrogens (tertiary/aromatic N) is 1. The van der Waals surface area contributed by atoms with E-state index in [4.69, 9.17) is 9.47 Å². The topological polar surface area (TPSA) is 65.1 Å². The SMILES string of the molecule is COC(=O)CCCC(=O)N1CCO[C@@H](Cc2cccc(OC)c2)C1. The number of carbonyl (C=O) groups excluding carboxylic acids is 2. The van der Waals surface area contributed by atoms with Crippen molar-refractivity contribution < 1.29 is 23.8 Å². The van der Waals surface area contributed by atoms with Crippen LogP contribution >= 0.6 is 0 Å². The van der Waals surface area contributed by atoms with Gasteiger partial charge in [0.25, 0.3) is 0 Å². The molecule has 132 valence electrons. The Hall–Kier alpha value is -2.08. The molecule has 0 aliphatic carbocycles. The lowest BCUT2D eigenvalue weighted by Crippen LogP contribution is -2.46. The predicted molar refractivity (Wildman–Crippen MR) is 88.9 cm³/mol. The summed E-state index contributed by atoms with van der Waals surface area (Å²) in [4.78, 5) is 25.2. The average molecular weight is 335 g/mol. The quantitative estimate of drug-likeness (QED) is 0.711. The van der Waals surface area contributed by atoms with Gasteiger partial charge in [-0.25, -0.2) is 0 Å². The zero-order chi connectivity index (χ0) is 17.4. The van der Waals surface area contributed by atoms with Gasteiger partial charge in [0.1, 0.15) is 5.75 Å². The molecule has 1 amide bonds. The van der Waals surface area contributed by atoms with Crippen molar-refractivity contribution in [1.82, 2.24) is 4.90 Å². The Labute approximate surface area is 142 Å². The van der Waals surface area contributed by atoms with E-state index in [1.807, 2.05) is 29.2 Å². The number of morpholine rings is 1. The monoisotopic (exact) mass is 335 g/mol. The molecule has 0 unspecified atom stereocenters. The van der Waals surface area contributed by atoms with E-state index in [-0.39, 0.29) is 24.4 Å². The molecule has 1 aromatic carbocycles. The van der Waals surface area contributed by atoms with E-state index >= 15 is 0 Å². The van der Waals surface area contributed by atoms with Crippen LogP contribution < -0.4 is 4.74 Å². The summed E-state index contributed by atoms with van der Waals surface area (Å²) >= 11 is 0. The van der Waals surface area contributed by atoms with Crippen molar-refractivity contribution in [3.8, 4) is 5.75 Å². The van der Waals surface area contributed by atoms with E-state index in [0.29, 0.717) is 32.5 Å². The zero-order valence-electron chi connectivity index (χ0n) is 14.3. The van der Waals surface area contributed by atoms with Crippen LogP contribution in [0.25, 0.3) is 0 Å². The summed E-state index contributed by atoms with van der Waals surface area (Å²) in [5, 5.41) is 0. The molecule has 1 atom stereocenters. The molecule has 6 nitrogen and oxygen atoms in total. The van der Waals surface area contributed by atoms with Gasteiger partial charge < -0.3 is 19.1 Å². The van der Waals surface area contributed by atoms with E-state index in [2.05, 4.69) is 4.74 Å². The van der Waals surface area contributed by atoms with Crippen molar-refractivity contribution in [3.05, 3.63) is 29.8 Å². The minimum Gasteiger partial charge on any atom is -0.497 e. The molecule has 0 spiro atoms. The Kier molecular flexibility index (Phi) is 7.06. The Bertz CT molecular complexity index is 560. The van der Waals surface area contributed by atoms with Gasteiger partial charge in [0.15, 0.2) is 0 Å². The molecule has 0 N–H and O–H groups in total. The lowest BCUT2D eigenvalue weighted by atomic mass is 10.1. The maximum atomic E-state index is 12.3. The minimum atomic E-state index is -0.277. The highest BCUT2D eigenvalue weighted by Crippen LogP contribution is 2.17. The highest BCUT2D eigenvalue weighted by molar-refractivity contribution is 5.77. The third kappa shape index (κ3) is 5.53. The van der Waals surface area contributed by atoms with Gasteiger partial charge in [0, 0.05) is 32.4 Å². The van der Waals surface area contributed by atoms with E-state index in [1.165, 1.54) is 7.11 Å². The fourth-order valence-electron chi connectivity index (χ4n) is 2.78. The lowest BCUT2D eigenvalue weighted by molar-refractivity contribution is -0.141. The third-order valence-corrected chi connectivity index (χ3v) is 4.09. The van der Waals surface area contributed by atoms with Gasteiger partial charge in [0.05, 0.1) is 26.9 Å². The summed E-state index contributed by atoms with van der Waals surface area (Å²) in [6, 6.07) is 7.87. The number of methoxy groups -OCH3 is 2. The van der Waals surface area contributed by atoms with E-state index in [9.17, 15) is 9.59 Å².